The molecule has 0 saturated heterocycles. The second-order valence-electron chi connectivity index (χ2n) is 7.91. The normalized spacial score (nSPS) is 10.2. The van der Waals surface area contributed by atoms with Gasteiger partial charge in [0.1, 0.15) is 0 Å². The van der Waals surface area contributed by atoms with Crippen molar-refractivity contribution in [1.82, 2.24) is 21.3 Å². The molecule has 0 unspecified atom stereocenters. The SMILES string of the molecule is O=C(NCCCCCCNC(=O)C(=O)NCCc1ccccc1)C(=O)NCCc1ccccc1. The van der Waals surface area contributed by atoms with Crippen LogP contribution in [0.15, 0.2) is 60.7 Å². The van der Waals surface area contributed by atoms with E-state index in [0.29, 0.717) is 39.0 Å². The van der Waals surface area contributed by atoms with Crippen molar-refractivity contribution in [1.29, 1.82) is 0 Å². The lowest BCUT2D eigenvalue weighted by molar-refractivity contribution is -0.139. The smallest absolute Gasteiger partial charge is 0.309 e. The highest BCUT2D eigenvalue weighted by Gasteiger charge is 2.12. The van der Waals surface area contributed by atoms with Gasteiger partial charge in [0, 0.05) is 26.2 Å². The van der Waals surface area contributed by atoms with E-state index in [1.54, 1.807) is 0 Å². The molecule has 0 heterocycles. The average molecular weight is 467 g/mol. The number of benzene rings is 2. The minimum Gasteiger partial charge on any atom is -0.348 e. The number of nitrogens with one attached hydrogen (secondary N) is 4. The zero-order valence-electron chi connectivity index (χ0n) is 19.5. The van der Waals surface area contributed by atoms with E-state index in [1.165, 1.54) is 0 Å². The van der Waals surface area contributed by atoms with Crippen molar-refractivity contribution in [3.63, 3.8) is 0 Å². The molecule has 8 heteroatoms. The van der Waals surface area contributed by atoms with Crippen LogP contribution >= 0.6 is 0 Å². The fourth-order valence-electron chi connectivity index (χ4n) is 3.26. The summed E-state index contributed by atoms with van der Waals surface area (Å²) in [5.41, 5.74) is 2.20. The summed E-state index contributed by atoms with van der Waals surface area (Å²) in [5, 5.41) is 10.5. The highest BCUT2D eigenvalue weighted by atomic mass is 16.2. The maximum Gasteiger partial charge on any atom is 0.309 e. The first-order chi connectivity index (χ1) is 16.6. The number of amides is 4. The first kappa shape index (κ1) is 26.6. The van der Waals surface area contributed by atoms with E-state index >= 15 is 0 Å². The third-order valence-corrected chi connectivity index (χ3v) is 5.17. The summed E-state index contributed by atoms with van der Waals surface area (Å²) in [6.07, 6.45) is 4.50. The summed E-state index contributed by atoms with van der Waals surface area (Å²) < 4.78 is 0. The van der Waals surface area contributed by atoms with Crippen LogP contribution in [-0.4, -0.2) is 49.8 Å². The van der Waals surface area contributed by atoms with Crippen LogP contribution in [0, 0.1) is 0 Å². The zero-order chi connectivity index (χ0) is 24.4. The van der Waals surface area contributed by atoms with Gasteiger partial charge in [0.25, 0.3) is 0 Å². The summed E-state index contributed by atoms with van der Waals surface area (Å²) in [6.45, 7) is 1.66. The van der Waals surface area contributed by atoms with E-state index in [9.17, 15) is 19.2 Å². The van der Waals surface area contributed by atoms with Crippen molar-refractivity contribution >= 4 is 23.6 Å². The molecule has 0 fully saturated rings. The van der Waals surface area contributed by atoms with Crippen molar-refractivity contribution in [2.75, 3.05) is 26.2 Å². The van der Waals surface area contributed by atoms with Crippen LogP contribution in [0.2, 0.25) is 0 Å². The van der Waals surface area contributed by atoms with Crippen LogP contribution in [0.5, 0.6) is 0 Å². The second-order valence-corrected chi connectivity index (χ2v) is 7.91. The number of carbonyl (C=O) groups is 4. The van der Waals surface area contributed by atoms with E-state index in [2.05, 4.69) is 21.3 Å². The molecule has 0 atom stereocenters. The molecule has 182 valence electrons. The van der Waals surface area contributed by atoms with Crippen LogP contribution in [0.1, 0.15) is 36.8 Å². The minimum atomic E-state index is -0.626. The summed E-state index contributed by atoms with van der Waals surface area (Å²) in [5.74, 6) is -2.50. The van der Waals surface area contributed by atoms with Gasteiger partial charge in [-0.25, -0.2) is 0 Å². The molecule has 8 nitrogen and oxygen atoms in total. The van der Waals surface area contributed by atoms with E-state index in [0.717, 1.165) is 36.8 Å². The van der Waals surface area contributed by atoms with Gasteiger partial charge in [-0.3, -0.25) is 19.2 Å². The predicted octanol–water partition coefficient (Wildman–Crippen LogP) is 1.50. The van der Waals surface area contributed by atoms with Gasteiger partial charge in [-0.15, -0.1) is 0 Å². The van der Waals surface area contributed by atoms with Gasteiger partial charge in [0.2, 0.25) is 0 Å². The van der Waals surface area contributed by atoms with E-state index in [4.69, 9.17) is 0 Å². The van der Waals surface area contributed by atoms with Crippen molar-refractivity contribution in [2.45, 2.75) is 38.5 Å². The van der Waals surface area contributed by atoms with Crippen LogP contribution < -0.4 is 21.3 Å². The first-order valence-electron chi connectivity index (χ1n) is 11.8. The third kappa shape index (κ3) is 11.3. The van der Waals surface area contributed by atoms with Gasteiger partial charge in [0.15, 0.2) is 0 Å². The number of hydrogen-bond acceptors (Lipinski definition) is 4. The number of carbonyl (C=O) groups excluding carboxylic acids is 4. The van der Waals surface area contributed by atoms with Crippen LogP contribution in [0.3, 0.4) is 0 Å². The Kier molecular flexibility index (Phi) is 12.5. The quantitative estimate of drug-likeness (QED) is 0.264. The van der Waals surface area contributed by atoms with Crippen molar-refractivity contribution in [3.05, 3.63) is 71.8 Å². The van der Waals surface area contributed by atoms with Crippen LogP contribution in [-0.2, 0) is 32.0 Å². The van der Waals surface area contributed by atoms with Gasteiger partial charge < -0.3 is 21.3 Å². The Morgan fingerprint density at radius 1 is 0.441 bits per heavy atom. The molecule has 0 aliphatic carbocycles. The maximum atomic E-state index is 11.8. The van der Waals surface area contributed by atoms with Gasteiger partial charge >= 0.3 is 23.6 Å². The average Bonchev–Trinajstić information content (AvgIpc) is 2.86. The molecule has 4 amide bonds. The molecule has 2 aromatic carbocycles. The Balaban J connectivity index is 1.42. The number of unbranched alkanes of at least 4 members (excludes halogenated alkanes) is 3. The van der Waals surface area contributed by atoms with E-state index in [1.807, 2.05) is 60.7 Å². The highest BCUT2D eigenvalue weighted by Crippen LogP contribution is 2.00. The molecule has 4 N–H and O–H groups in total. The van der Waals surface area contributed by atoms with Crippen molar-refractivity contribution in [2.24, 2.45) is 0 Å². The molecular weight excluding hydrogens is 432 g/mol. The largest absolute Gasteiger partial charge is 0.348 e. The molecule has 0 radical (unpaired) electrons. The van der Waals surface area contributed by atoms with E-state index < -0.39 is 23.6 Å². The zero-order valence-corrected chi connectivity index (χ0v) is 19.5. The van der Waals surface area contributed by atoms with Gasteiger partial charge in [0.05, 0.1) is 0 Å². The molecule has 0 aliphatic rings. The molecule has 34 heavy (non-hydrogen) atoms. The topological polar surface area (TPSA) is 116 Å². The summed E-state index contributed by atoms with van der Waals surface area (Å²) in [6, 6.07) is 19.5. The number of hydrogen-bond donors (Lipinski definition) is 4. The Morgan fingerprint density at radius 3 is 1.12 bits per heavy atom. The molecule has 0 saturated carbocycles. The molecule has 0 aromatic heterocycles. The predicted molar refractivity (Wildman–Crippen MR) is 131 cm³/mol. The molecular formula is C26H34N4O4. The summed E-state index contributed by atoms with van der Waals surface area (Å²) in [7, 11) is 0. The molecule has 2 aromatic rings. The lowest BCUT2D eigenvalue weighted by Crippen LogP contribution is -2.41. The second kappa shape index (κ2) is 16.0. The van der Waals surface area contributed by atoms with Crippen LogP contribution in [0.25, 0.3) is 0 Å². The first-order valence-corrected chi connectivity index (χ1v) is 11.8. The monoisotopic (exact) mass is 466 g/mol. The third-order valence-electron chi connectivity index (χ3n) is 5.17. The lowest BCUT2D eigenvalue weighted by atomic mass is 10.1. The maximum absolute atomic E-state index is 11.8. The summed E-state index contributed by atoms with van der Waals surface area (Å²) in [4.78, 5) is 47.2. The Bertz CT molecular complexity index is 828. The van der Waals surface area contributed by atoms with Gasteiger partial charge in [-0.2, -0.15) is 0 Å². The number of rotatable bonds is 13. The van der Waals surface area contributed by atoms with Gasteiger partial charge in [-0.05, 0) is 36.8 Å². The Labute approximate surface area is 200 Å². The Hall–Kier alpha value is -3.68. The molecule has 0 spiro atoms. The minimum absolute atomic E-state index is 0.410. The van der Waals surface area contributed by atoms with Crippen LogP contribution in [0.4, 0.5) is 0 Å². The van der Waals surface area contributed by atoms with E-state index in [-0.39, 0.29) is 0 Å². The summed E-state index contributed by atoms with van der Waals surface area (Å²) >= 11 is 0. The molecule has 2 rings (SSSR count). The molecule has 0 bridgehead atoms. The fraction of sp³-hybridized carbons (Fsp3) is 0.385. The fourth-order valence-corrected chi connectivity index (χ4v) is 3.26. The highest BCUT2D eigenvalue weighted by molar-refractivity contribution is 6.35. The lowest BCUT2D eigenvalue weighted by Gasteiger charge is -2.08. The van der Waals surface area contributed by atoms with Crippen molar-refractivity contribution in [3.8, 4) is 0 Å². The van der Waals surface area contributed by atoms with Crippen molar-refractivity contribution < 1.29 is 19.2 Å². The van der Waals surface area contributed by atoms with Gasteiger partial charge in [-0.1, -0.05) is 73.5 Å². The Morgan fingerprint density at radius 2 is 0.765 bits per heavy atom. The standard InChI is InChI=1S/C26H34N4O4/c31-23(25(33)29-19-15-21-11-5-3-6-12-21)27-17-9-1-2-10-18-28-24(32)26(34)30-20-16-22-13-7-4-8-14-22/h3-8,11-14H,1-2,9-10,15-20H2,(H,27,31)(H,28,32)(H,29,33)(H,30,34). The molecule has 0 aliphatic heterocycles.